The minimum atomic E-state index is -3.58. The lowest BCUT2D eigenvalue weighted by atomic mass is 10.1. The zero-order valence-corrected chi connectivity index (χ0v) is 15.7. The highest BCUT2D eigenvalue weighted by Crippen LogP contribution is 2.41. The average Bonchev–Trinajstić information content (AvgIpc) is 3.22. The number of thioether (sulfide) groups is 1. The van der Waals surface area contributed by atoms with E-state index in [-0.39, 0.29) is 16.2 Å². The minimum Gasteiger partial charge on any atom is -0.360 e. The summed E-state index contributed by atoms with van der Waals surface area (Å²) >= 11 is 4.61. The van der Waals surface area contributed by atoms with Gasteiger partial charge >= 0.3 is 0 Å². The Morgan fingerprint density at radius 2 is 2.09 bits per heavy atom. The van der Waals surface area contributed by atoms with Crippen molar-refractivity contribution in [3.63, 3.8) is 0 Å². The van der Waals surface area contributed by atoms with Gasteiger partial charge < -0.3 is 4.52 Å². The molecule has 122 valence electrons. The van der Waals surface area contributed by atoms with Crippen molar-refractivity contribution in [1.29, 1.82) is 0 Å². The molecule has 0 radical (unpaired) electrons. The largest absolute Gasteiger partial charge is 0.360 e. The molecule has 0 N–H and O–H groups in total. The summed E-state index contributed by atoms with van der Waals surface area (Å²) in [7, 11) is -3.58. The molecular weight excluding hydrogens is 402 g/mol. The molecule has 2 aromatic rings. The number of hydrogen-bond donors (Lipinski definition) is 0. The number of nitrogens with zero attached hydrogens (tertiary/aromatic N) is 1. The van der Waals surface area contributed by atoms with E-state index in [1.165, 1.54) is 17.8 Å². The molecule has 0 atom stereocenters. The van der Waals surface area contributed by atoms with E-state index in [4.69, 9.17) is 4.52 Å². The average molecular weight is 416 g/mol. The fraction of sp³-hybridized carbons (Fsp3) is 0.333. The van der Waals surface area contributed by atoms with Gasteiger partial charge in [-0.2, -0.15) is 0 Å². The van der Waals surface area contributed by atoms with Crippen molar-refractivity contribution in [2.24, 2.45) is 0 Å². The van der Waals surface area contributed by atoms with Gasteiger partial charge in [-0.05, 0) is 47.2 Å². The first-order chi connectivity index (χ1) is 10.8. The number of rotatable bonds is 5. The molecule has 1 aliphatic carbocycles. The Balaban J connectivity index is 2.12. The third-order valence-corrected chi connectivity index (χ3v) is 6.67. The van der Waals surface area contributed by atoms with Gasteiger partial charge in [0, 0.05) is 33.2 Å². The van der Waals surface area contributed by atoms with Crippen LogP contribution in [0, 0.1) is 0 Å². The number of halogens is 1. The first kappa shape index (κ1) is 16.7. The number of benzene rings is 1. The maximum atomic E-state index is 12.7. The molecule has 3 rings (SSSR count). The molecule has 1 fully saturated rings. The summed E-state index contributed by atoms with van der Waals surface area (Å²) in [6, 6.07) is 4.80. The molecule has 1 heterocycles. The molecule has 0 spiro atoms. The second-order valence-corrected chi connectivity index (χ2v) is 9.07. The van der Waals surface area contributed by atoms with Crippen LogP contribution in [0.4, 0.5) is 0 Å². The zero-order valence-electron chi connectivity index (χ0n) is 12.5. The maximum Gasteiger partial charge on any atom is 0.216 e. The Morgan fingerprint density at radius 1 is 1.39 bits per heavy atom. The summed E-state index contributed by atoms with van der Waals surface area (Å²) in [6.07, 6.45) is 4.94. The van der Waals surface area contributed by atoms with Crippen molar-refractivity contribution in [2.45, 2.75) is 28.6 Å². The Labute approximate surface area is 146 Å². The second-order valence-electron chi connectivity index (χ2n) is 5.45. The summed E-state index contributed by atoms with van der Waals surface area (Å²) in [6.45, 7) is 0. The molecule has 0 unspecified atom stereocenters. The van der Waals surface area contributed by atoms with Crippen LogP contribution in [0.3, 0.4) is 0 Å². The number of sulfone groups is 1. The lowest BCUT2D eigenvalue weighted by Crippen LogP contribution is -2.11. The molecule has 1 aliphatic rings. The number of carbonyl (C=O) groups is 1. The summed E-state index contributed by atoms with van der Waals surface area (Å²) in [5.74, 6) is 0.588. The molecule has 23 heavy (non-hydrogen) atoms. The van der Waals surface area contributed by atoms with Crippen molar-refractivity contribution in [1.82, 2.24) is 5.16 Å². The van der Waals surface area contributed by atoms with E-state index in [9.17, 15) is 13.2 Å². The molecule has 0 aliphatic heterocycles. The van der Waals surface area contributed by atoms with Gasteiger partial charge in [0.1, 0.15) is 5.76 Å². The van der Waals surface area contributed by atoms with Gasteiger partial charge in [-0.1, -0.05) is 5.16 Å². The Kier molecular flexibility index (Phi) is 4.41. The van der Waals surface area contributed by atoms with E-state index in [0.29, 0.717) is 21.0 Å². The smallest absolute Gasteiger partial charge is 0.216 e. The van der Waals surface area contributed by atoms with E-state index >= 15 is 0 Å². The van der Waals surface area contributed by atoms with Crippen LogP contribution in [0.25, 0.3) is 0 Å². The van der Waals surface area contributed by atoms with E-state index in [1.54, 1.807) is 18.4 Å². The van der Waals surface area contributed by atoms with Crippen molar-refractivity contribution in [3.05, 3.63) is 39.7 Å². The van der Waals surface area contributed by atoms with Crippen LogP contribution in [0.2, 0.25) is 0 Å². The SMILES string of the molecule is CSc1c(Br)ccc(C(=O)c2cc(C3CC3)on2)c1S(C)(=O)=O. The molecule has 1 aromatic carbocycles. The van der Waals surface area contributed by atoms with Crippen LogP contribution in [0.15, 0.2) is 37.0 Å². The highest BCUT2D eigenvalue weighted by Gasteiger charge is 2.31. The van der Waals surface area contributed by atoms with Gasteiger partial charge in [-0.25, -0.2) is 8.42 Å². The van der Waals surface area contributed by atoms with Crippen molar-refractivity contribution in [2.75, 3.05) is 12.5 Å². The molecule has 0 saturated heterocycles. The van der Waals surface area contributed by atoms with Gasteiger partial charge in [0.15, 0.2) is 15.5 Å². The van der Waals surface area contributed by atoms with Crippen LogP contribution in [0.5, 0.6) is 0 Å². The summed E-state index contributed by atoms with van der Waals surface area (Å²) in [4.78, 5) is 13.3. The third-order valence-electron chi connectivity index (χ3n) is 3.62. The second kappa shape index (κ2) is 6.07. The van der Waals surface area contributed by atoms with Crippen molar-refractivity contribution >= 4 is 43.3 Å². The predicted octanol–water partition coefficient (Wildman–Crippen LogP) is 3.67. The molecule has 0 bridgehead atoms. The lowest BCUT2D eigenvalue weighted by molar-refractivity contribution is 0.102. The highest BCUT2D eigenvalue weighted by atomic mass is 79.9. The molecule has 1 aromatic heterocycles. The molecule has 1 saturated carbocycles. The summed E-state index contributed by atoms with van der Waals surface area (Å²) in [5, 5.41) is 3.82. The van der Waals surface area contributed by atoms with E-state index in [0.717, 1.165) is 19.1 Å². The number of hydrogen-bond acceptors (Lipinski definition) is 6. The molecule has 5 nitrogen and oxygen atoms in total. The number of carbonyl (C=O) groups excluding carboxylic acids is 1. The van der Waals surface area contributed by atoms with E-state index in [1.807, 2.05) is 0 Å². The van der Waals surface area contributed by atoms with Crippen molar-refractivity contribution < 1.29 is 17.7 Å². The van der Waals surface area contributed by atoms with Crippen LogP contribution >= 0.6 is 27.7 Å². The fourth-order valence-electron chi connectivity index (χ4n) is 2.37. The predicted molar refractivity (Wildman–Crippen MR) is 90.9 cm³/mol. The quantitative estimate of drug-likeness (QED) is 0.547. The number of aromatic nitrogens is 1. The van der Waals surface area contributed by atoms with Gasteiger partial charge in [0.2, 0.25) is 5.78 Å². The number of ketones is 1. The zero-order chi connectivity index (χ0) is 16.8. The van der Waals surface area contributed by atoms with Crippen LogP contribution in [-0.4, -0.2) is 31.9 Å². The fourth-order valence-corrected chi connectivity index (χ4v) is 5.59. The lowest BCUT2D eigenvalue weighted by Gasteiger charge is -2.12. The van der Waals surface area contributed by atoms with Gasteiger partial charge in [0.25, 0.3) is 0 Å². The van der Waals surface area contributed by atoms with E-state index < -0.39 is 15.6 Å². The van der Waals surface area contributed by atoms with Crippen LogP contribution in [0.1, 0.15) is 40.6 Å². The topological polar surface area (TPSA) is 77.2 Å². The third kappa shape index (κ3) is 3.25. The molecule has 8 heteroatoms. The monoisotopic (exact) mass is 415 g/mol. The summed E-state index contributed by atoms with van der Waals surface area (Å²) in [5.41, 5.74) is 0.266. The Hall–Kier alpha value is -1.12. The minimum absolute atomic E-state index is 0.0281. The normalized spacial score (nSPS) is 14.9. The van der Waals surface area contributed by atoms with Gasteiger partial charge in [-0.15, -0.1) is 11.8 Å². The standard InChI is InChI=1S/C15H14BrNO4S2/c1-22-14-10(16)6-5-9(15(14)23(2,19)20)13(18)11-7-12(21-17-11)8-3-4-8/h5-8H,3-4H2,1-2H3. The molecule has 0 amide bonds. The Morgan fingerprint density at radius 3 is 2.65 bits per heavy atom. The van der Waals surface area contributed by atoms with Gasteiger partial charge in [0.05, 0.1) is 4.90 Å². The molecular formula is C15H14BrNO4S2. The Bertz CT molecular complexity index is 885. The van der Waals surface area contributed by atoms with Crippen molar-refractivity contribution in [3.8, 4) is 0 Å². The van der Waals surface area contributed by atoms with Crippen LogP contribution < -0.4 is 0 Å². The summed E-state index contributed by atoms with van der Waals surface area (Å²) < 4.78 is 30.3. The highest BCUT2D eigenvalue weighted by molar-refractivity contribution is 9.10. The first-order valence-corrected chi connectivity index (χ1v) is 10.8. The maximum absolute atomic E-state index is 12.7. The van der Waals surface area contributed by atoms with Crippen LogP contribution in [-0.2, 0) is 9.84 Å². The van der Waals surface area contributed by atoms with E-state index in [2.05, 4.69) is 21.1 Å². The first-order valence-electron chi connectivity index (χ1n) is 6.90. The van der Waals surface area contributed by atoms with Gasteiger partial charge in [-0.3, -0.25) is 4.79 Å².